The molecule has 1 aliphatic rings. The molecule has 1 fully saturated rings. The molecule has 3 atom stereocenters. The Morgan fingerprint density at radius 1 is 1.50 bits per heavy atom. The smallest absolute Gasteiger partial charge is 0.157 e. The lowest BCUT2D eigenvalue weighted by Crippen LogP contribution is -2.11. The Balaban J connectivity index is 2.39. The fraction of sp³-hybridized carbons (Fsp3) is 1.00. The van der Waals surface area contributed by atoms with Crippen LogP contribution in [-0.4, -0.2) is 17.5 Å². The van der Waals surface area contributed by atoms with Crippen molar-refractivity contribution in [3.8, 4) is 0 Å². The molecule has 1 heterocycles. The fourth-order valence-corrected chi connectivity index (χ4v) is 1.07. The lowest BCUT2D eigenvalue weighted by molar-refractivity contribution is -0.101. The monoisotopic (exact) mass is 116 g/mol. The van der Waals surface area contributed by atoms with Crippen molar-refractivity contribution in [3.63, 3.8) is 0 Å². The van der Waals surface area contributed by atoms with Crippen molar-refractivity contribution in [1.82, 2.24) is 0 Å². The molecule has 0 aromatic carbocycles. The maximum absolute atomic E-state index is 8.95. The van der Waals surface area contributed by atoms with Gasteiger partial charge in [0.15, 0.2) is 6.29 Å². The van der Waals surface area contributed by atoms with Gasteiger partial charge in [-0.05, 0) is 13.3 Å². The van der Waals surface area contributed by atoms with Gasteiger partial charge in [0, 0.05) is 5.92 Å². The van der Waals surface area contributed by atoms with Crippen molar-refractivity contribution in [3.05, 3.63) is 0 Å². The number of hydrogen-bond acceptors (Lipinski definition) is 2. The van der Waals surface area contributed by atoms with E-state index in [1.807, 2.05) is 13.8 Å². The predicted molar refractivity (Wildman–Crippen MR) is 30.3 cm³/mol. The summed E-state index contributed by atoms with van der Waals surface area (Å²) in [4.78, 5) is 0. The van der Waals surface area contributed by atoms with Crippen molar-refractivity contribution in [2.75, 3.05) is 0 Å². The molecule has 0 spiro atoms. The highest BCUT2D eigenvalue weighted by Crippen LogP contribution is 2.23. The molecule has 1 rings (SSSR count). The van der Waals surface area contributed by atoms with E-state index in [-0.39, 0.29) is 6.10 Å². The van der Waals surface area contributed by atoms with Crippen LogP contribution in [-0.2, 0) is 4.74 Å². The molecule has 0 radical (unpaired) electrons. The number of aliphatic hydroxyl groups excluding tert-OH is 1. The van der Waals surface area contributed by atoms with E-state index in [2.05, 4.69) is 0 Å². The molecule has 0 unspecified atom stereocenters. The quantitative estimate of drug-likeness (QED) is 0.506. The minimum Gasteiger partial charge on any atom is -0.368 e. The molecule has 8 heavy (non-hydrogen) atoms. The number of hydrogen-bond donors (Lipinski definition) is 1. The molecule has 0 aromatic heterocycles. The minimum absolute atomic E-state index is 0.250. The van der Waals surface area contributed by atoms with Gasteiger partial charge in [-0.2, -0.15) is 0 Å². The molecule has 0 aromatic rings. The van der Waals surface area contributed by atoms with Gasteiger partial charge in [0.2, 0.25) is 0 Å². The maximum Gasteiger partial charge on any atom is 0.157 e. The largest absolute Gasteiger partial charge is 0.368 e. The predicted octanol–water partition coefficient (Wildman–Crippen LogP) is 0.750. The zero-order valence-corrected chi connectivity index (χ0v) is 5.29. The van der Waals surface area contributed by atoms with Crippen LogP contribution < -0.4 is 0 Å². The van der Waals surface area contributed by atoms with Crippen LogP contribution in [0, 0.1) is 5.92 Å². The Morgan fingerprint density at radius 2 is 2.12 bits per heavy atom. The third-order valence-electron chi connectivity index (χ3n) is 1.56. The fourth-order valence-electron chi connectivity index (χ4n) is 1.07. The van der Waals surface area contributed by atoms with Gasteiger partial charge in [0.05, 0.1) is 6.10 Å². The second-order valence-electron chi connectivity index (χ2n) is 2.55. The van der Waals surface area contributed by atoms with E-state index >= 15 is 0 Å². The van der Waals surface area contributed by atoms with Crippen LogP contribution in [0.4, 0.5) is 0 Å². The second kappa shape index (κ2) is 2.03. The van der Waals surface area contributed by atoms with Crippen LogP contribution in [0.3, 0.4) is 0 Å². The van der Waals surface area contributed by atoms with E-state index in [1.165, 1.54) is 0 Å². The van der Waals surface area contributed by atoms with Crippen molar-refractivity contribution >= 4 is 0 Å². The number of aliphatic hydroxyl groups is 1. The van der Waals surface area contributed by atoms with Crippen LogP contribution in [0.5, 0.6) is 0 Å². The average Bonchev–Trinajstić information content (AvgIpc) is 1.85. The topological polar surface area (TPSA) is 29.5 Å². The van der Waals surface area contributed by atoms with Gasteiger partial charge in [-0.3, -0.25) is 0 Å². The molecule has 0 aliphatic carbocycles. The van der Waals surface area contributed by atoms with Crippen LogP contribution in [0.15, 0.2) is 0 Å². The summed E-state index contributed by atoms with van der Waals surface area (Å²) in [6.07, 6.45) is 0.728. The summed E-state index contributed by atoms with van der Waals surface area (Å²) in [6, 6.07) is 0. The lowest BCUT2D eigenvalue weighted by atomic mass is 10.1. The highest BCUT2D eigenvalue weighted by atomic mass is 16.6. The molecule has 48 valence electrons. The van der Waals surface area contributed by atoms with Gasteiger partial charge in [-0.15, -0.1) is 0 Å². The zero-order valence-electron chi connectivity index (χ0n) is 5.29. The molecular weight excluding hydrogens is 104 g/mol. The van der Waals surface area contributed by atoms with Crippen molar-refractivity contribution in [2.45, 2.75) is 32.7 Å². The summed E-state index contributed by atoms with van der Waals surface area (Å²) in [5.74, 6) is 0.324. The summed E-state index contributed by atoms with van der Waals surface area (Å²) in [5, 5.41) is 8.95. The summed E-state index contributed by atoms with van der Waals surface area (Å²) < 4.78 is 5.03. The normalized spacial score (nSPS) is 47.6. The Hall–Kier alpha value is -0.0800. The summed E-state index contributed by atoms with van der Waals surface area (Å²) in [7, 11) is 0. The van der Waals surface area contributed by atoms with Gasteiger partial charge in [-0.1, -0.05) is 6.92 Å². The molecule has 2 nitrogen and oxygen atoms in total. The van der Waals surface area contributed by atoms with E-state index in [0.717, 1.165) is 6.42 Å². The van der Waals surface area contributed by atoms with Gasteiger partial charge in [0.25, 0.3) is 0 Å². The van der Waals surface area contributed by atoms with Crippen LogP contribution in [0.2, 0.25) is 0 Å². The molecule has 1 saturated heterocycles. The Kier molecular flexibility index (Phi) is 1.54. The Bertz CT molecular complexity index is 72.6. The summed E-state index contributed by atoms with van der Waals surface area (Å²) in [6.45, 7) is 3.97. The summed E-state index contributed by atoms with van der Waals surface area (Å²) >= 11 is 0. The first-order valence-electron chi connectivity index (χ1n) is 3.03. The zero-order chi connectivity index (χ0) is 6.15. The minimum atomic E-state index is -0.509. The summed E-state index contributed by atoms with van der Waals surface area (Å²) in [5.41, 5.74) is 0. The van der Waals surface area contributed by atoms with E-state index in [4.69, 9.17) is 9.84 Å². The molecule has 0 amide bonds. The number of ether oxygens (including phenoxy) is 1. The Labute approximate surface area is 49.5 Å². The highest BCUT2D eigenvalue weighted by Gasteiger charge is 2.26. The van der Waals surface area contributed by atoms with E-state index in [9.17, 15) is 0 Å². The van der Waals surface area contributed by atoms with Crippen molar-refractivity contribution < 1.29 is 9.84 Å². The average molecular weight is 116 g/mol. The van der Waals surface area contributed by atoms with E-state index in [0.29, 0.717) is 5.92 Å². The molecule has 0 saturated carbocycles. The molecular formula is C6H12O2. The van der Waals surface area contributed by atoms with E-state index < -0.39 is 6.29 Å². The first-order valence-corrected chi connectivity index (χ1v) is 3.03. The van der Waals surface area contributed by atoms with Gasteiger partial charge >= 0.3 is 0 Å². The highest BCUT2D eigenvalue weighted by molar-refractivity contribution is 4.68. The first-order chi connectivity index (χ1) is 3.70. The van der Waals surface area contributed by atoms with Crippen LogP contribution in [0.25, 0.3) is 0 Å². The van der Waals surface area contributed by atoms with Crippen LogP contribution in [0.1, 0.15) is 20.3 Å². The van der Waals surface area contributed by atoms with Crippen molar-refractivity contribution in [1.29, 1.82) is 0 Å². The molecule has 1 N–H and O–H groups in total. The third kappa shape index (κ3) is 1.01. The maximum atomic E-state index is 8.95. The molecule has 2 heteroatoms. The first kappa shape index (κ1) is 6.05. The SMILES string of the molecule is C[C@@H]1C[C@H](C)O[C@@H]1O. The van der Waals surface area contributed by atoms with Gasteiger partial charge in [-0.25, -0.2) is 0 Å². The standard InChI is InChI=1S/C6H12O2/c1-4-3-5(2)8-6(4)7/h4-7H,3H2,1-2H3/t4-,5+,6+/m1/s1. The third-order valence-corrected chi connectivity index (χ3v) is 1.56. The van der Waals surface area contributed by atoms with Crippen LogP contribution >= 0.6 is 0 Å². The van der Waals surface area contributed by atoms with Gasteiger partial charge in [0.1, 0.15) is 0 Å². The second-order valence-corrected chi connectivity index (χ2v) is 2.55. The van der Waals surface area contributed by atoms with E-state index in [1.54, 1.807) is 0 Å². The number of rotatable bonds is 0. The van der Waals surface area contributed by atoms with Crippen molar-refractivity contribution in [2.24, 2.45) is 5.92 Å². The van der Waals surface area contributed by atoms with Gasteiger partial charge < -0.3 is 9.84 Å². The molecule has 0 bridgehead atoms. The lowest BCUT2D eigenvalue weighted by Gasteiger charge is -2.04. The Morgan fingerprint density at radius 3 is 2.25 bits per heavy atom. The molecule has 1 aliphatic heterocycles.